The van der Waals surface area contributed by atoms with E-state index in [2.05, 4.69) is 26.6 Å². The van der Waals surface area contributed by atoms with Crippen molar-refractivity contribution in [3.05, 3.63) is 83.6 Å². The van der Waals surface area contributed by atoms with E-state index in [9.17, 15) is 54.0 Å². The lowest BCUT2D eigenvalue weighted by Gasteiger charge is -2.33. The van der Waals surface area contributed by atoms with E-state index in [4.69, 9.17) is 20.9 Å². The number of hydrogen-bond acceptors (Lipinski definition) is 14. The number of carbonyl (C=O) groups excluding carboxylic acids is 7. The number of nitrogens with one attached hydrogen (secondary N) is 5. The second-order valence-corrected chi connectivity index (χ2v) is 21.3. The number of phenols is 2. The summed E-state index contributed by atoms with van der Waals surface area (Å²) in [6.07, 6.45) is 3.82. The molecule has 0 bridgehead atoms. The van der Waals surface area contributed by atoms with Crippen LogP contribution in [0.2, 0.25) is 0 Å². The summed E-state index contributed by atoms with van der Waals surface area (Å²) < 4.78 is 11.5. The Bertz CT molecular complexity index is 2420. The summed E-state index contributed by atoms with van der Waals surface area (Å²) in [6.45, 7) is 19.9. The van der Waals surface area contributed by atoms with Crippen LogP contribution in [0.4, 0.5) is 4.79 Å². The van der Waals surface area contributed by atoms with E-state index < -0.39 is 100 Å². The fourth-order valence-corrected chi connectivity index (χ4v) is 8.14. The highest BCUT2D eigenvalue weighted by molar-refractivity contribution is 5.93. The van der Waals surface area contributed by atoms with Crippen LogP contribution in [0.25, 0.3) is 0 Å². The number of urea groups is 1. The maximum atomic E-state index is 13.3. The van der Waals surface area contributed by atoms with Crippen LogP contribution in [0.5, 0.6) is 11.5 Å². The van der Waals surface area contributed by atoms with E-state index >= 15 is 0 Å². The zero-order chi connectivity index (χ0) is 57.1. The van der Waals surface area contributed by atoms with Gasteiger partial charge in [-0.2, -0.15) is 0 Å². The smallest absolute Gasteiger partial charge is 0.312 e. The Labute approximate surface area is 440 Å². The molecule has 2 aliphatic rings. The van der Waals surface area contributed by atoms with Crippen molar-refractivity contribution in [1.29, 1.82) is 0 Å². The fraction of sp³-hybridized carbons (Fsp3) is 0.566. The number of ether oxygens (including phenoxy) is 2. The highest BCUT2D eigenvalue weighted by Gasteiger charge is 2.50. The van der Waals surface area contributed by atoms with Gasteiger partial charge >= 0.3 is 6.03 Å². The zero-order valence-corrected chi connectivity index (χ0v) is 45.7. The number of likely N-dealkylation sites (N-methyl/N-ethyl adjacent to an activating group) is 2. The molecule has 22 nitrogen and oxygen atoms in total. The van der Waals surface area contributed by atoms with Gasteiger partial charge in [0.25, 0.3) is 0 Å². The summed E-state index contributed by atoms with van der Waals surface area (Å²) in [7, 11) is 3.10. The second kappa shape index (κ2) is 25.6. The fourth-order valence-electron chi connectivity index (χ4n) is 8.14. The molecule has 75 heavy (non-hydrogen) atoms. The van der Waals surface area contributed by atoms with Gasteiger partial charge in [-0.3, -0.25) is 28.8 Å². The van der Waals surface area contributed by atoms with Crippen molar-refractivity contribution in [3.8, 4) is 11.5 Å². The molecule has 2 saturated heterocycles. The summed E-state index contributed by atoms with van der Waals surface area (Å²) in [5.74, 6) is -2.89. The summed E-state index contributed by atoms with van der Waals surface area (Å²) in [5.41, 5.74) is 8.41. The van der Waals surface area contributed by atoms with Crippen LogP contribution in [0.15, 0.2) is 72.4 Å². The lowest BCUT2D eigenvalue weighted by Crippen LogP contribution is -2.60. The number of aromatic hydroxyl groups is 2. The number of amides is 8. The molecule has 0 aliphatic carbocycles. The predicted octanol–water partition coefficient (Wildman–Crippen LogP) is 2.02. The summed E-state index contributed by atoms with van der Waals surface area (Å²) >= 11 is 0. The molecular formula is C53H81N9O13. The molecule has 2 aromatic carbocycles. The normalized spacial score (nSPS) is 22.6. The summed E-state index contributed by atoms with van der Waals surface area (Å²) in [6, 6.07) is 6.66. The molecule has 2 fully saturated rings. The highest BCUT2D eigenvalue weighted by Crippen LogP contribution is 2.41. The SMILES string of the molecule is CC(Cc1cccc(O)c1)C(=O)N(C)C(C)C(NC(=O)C(C)NC(N)=O)C(=O)N/C=C1/CC(C)(O)C(C)(C)O1.CC(N)C(=O)NC(C(=O)N/C=C1/CC(C)(O)C(C)(C)O1)C(C)N(C)C(=O)C(C)Cc1cccc(O)c1. The van der Waals surface area contributed by atoms with E-state index in [1.807, 2.05) is 6.07 Å². The van der Waals surface area contributed by atoms with Gasteiger partial charge in [0.05, 0.1) is 18.1 Å². The first kappa shape index (κ1) is 62.4. The summed E-state index contributed by atoms with van der Waals surface area (Å²) in [5, 5.41) is 53.3. The van der Waals surface area contributed by atoms with Gasteiger partial charge in [0.15, 0.2) is 0 Å². The van der Waals surface area contributed by atoms with E-state index in [1.54, 1.807) is 113 Å². The molecule has 10 unspecified atom stereocenters. The lowest BCUT2D eigenvalue weighted by molar-refractivity contribution is -0.139. The van der Waals surface area contributed by atoms with Crippen LogP contribution in [0, 0.1) is 11.8 Å². The minimum absolute atomic E-state index is 0.0947. The van der Waals surface area contributed by atoms with Crippen LogP contribution < -0.4 is 38.1 Å². The number of benzene rings is 2. The molecule has 2 heterocycles. The Morgan fingerprint density at radius 2 is 0.973 bits per heavy atom. The minimum atomic E-state index is -1.22. The number of carbonyl (C=O) groups is 7. The monoisotopic (exact) mass is 1050 g/mol. The number of nitrogens with zero attached hydrogens (tertiary/aromatic N) is 2. The molecule has 0 radical (unpaired) electrons. The van der Waals surface area contributed by atoms with Crippen molar-refractivity contribution < 1.29 is 63.5 Å². The molecule has 22 heteroatoms. The maximum absolute atomic E-state index is 13.3. The number of rotatable bonds is 19. The van der Waals surface area contributed by atoms with E-state index in [0.717, 1.165) is 11.1 Å². The van der Waals surface area contributed by atoms with Crippen molar-refractivity contribution in [2.45, 2.75) is 167 Å². The molecule has 8 amide bonds. The van der Waals surface area contributed by atoms with Crippen molar-refractivity contribution in [1.82, 2.24) is 36.4 Å². The Morgan fingerprint density at radius 1 is 0.613 bits per heavy atom. The van der Waals surface area contributed by atoms with Crippen LogP contribution in [-0.2, 0) is 51.1 Å². The number of primary amides is 1. The molecule has 2 aliphatic heterocycles. The first-order valence-corrected chi connectivity index (χ1v) is 24.8. The van der Waals surface area contributed by atoms with Crippen molar-refractivity contribution in [2.75, 3.05) is 14.1 Å². The Kier molecular flexibility index (Phi) is 21.3. The first-order chi connectivity index (χ1) is 34.5. The van der Waals surface area contributed by atoms with Gasteiger partial charge in [0.1, 0.15) is 63.5 Å². The molecule has 2 aromatic rings. The standard InChI is InChI=1S/C27H41N5O7.C26H40N4O6/c1-15(11-18-9-8-10-19(33)12-18)24(36)32(7)17(3)21(31-22(34)16(2)30-25(28)37)23(35)29-14-20-13-27(6,38)26(4,5)39-20;1-15(11-18-9-8-10-19(31)12-18)24(34)30(7)17(3)21(29-22(32)16(2)27)23(33)28-14-20-13-26(6,35)25(4,5)36-20/h8-10,12,14-17,21,33,38H,11,13H2,1-7H3,(H,29,35)(H,31,34)(H3,28,30,37);8-10,12,14-17,21,31,35H,11,13,27H2,1-7H3,(H,28,33)(H,29,32)/b2*20-14-. The average Bonchev–Trinajstić information content (AvgIpc) is 3.66. The van der Waals surface area contributed by atoms with Gasteiger partial charge < -0.3 is 77.8 Å². The molecule has 0 saturated carbocycles. The molecule has 0 spiro atoms. The highest BCUT2D eigenvalue weighted by atomic mass is 16.5. The van der Waals surface area contributed by atoms with Gasteiger partial charge in [-0.25, -0.2) is 4.79 Å². The van der Waals surface area contributed by atoms with Gasteiger partial charge in [0.2, 0.25) is 35.4 Å². The predicted molar refractivity (Wildman–Crippen MR) is 279 cm³/mol. The Hall–Kier alpha value is -6.91. The van der Waals surface area contributed by atoms with Gasteiger partial charge in [0, 0.05) is 51.2 Å². The number of aliphatic hydroxyl groups is 2. The molecule has 10 atom stereocenters. The number of hydrogen-bond donors (Lipinski definition) is 11. The van der Waals surface area contributed by atoms with Gasteiger partial charge in [-0.1, -0.05) is 38.1 Å². The molecular weight excluding hydrogens is 971 g/mol. The first-order valence-electron chi connectivity index (χ1n) is 24.8. The third kappa shape index (κ3) is 17.1. The van der Waals surface area contributed by atoms with Crippen LogP contribution >= 0.6 is 0 Å². The molecule has 416 valence electrons. The third-order valence-corrected chi connectivity index (χ3v) is 14.1. The van der Waals surface area contributed by atoms with Crippen molar-refractivity contribution >= 4 is 41.5 Å². The van der Waals surface area contributed by atoms with Crippen molar-refractivity contribution in [3.63, 3.8) is 0 Å². The van der Waals surface area contributed by atoms with Gasteiger partial charge in [-0.05, 0) is 117 Å². The molecule has 13 N–H and O–H groups in total. The van der Waals surface area contributed by atoms with Crippen molar-refractivity contribution in [2.24, 2.45) is 23.3 Å². The minimum Gasteiger partial charge on any atom is -0.508 e. The van der Waals surface area contributed by atoms with Crippen LogP contribution in [0.3, 0.4) is 0 Å². The Morgan fingerprint density at radius 3 is 1.28 bits per heavy atom. The van der Waals surface area contributed by atoms with E-state index in [-0.39, 0.29) is 36.2 Å². The summed E-state index contributed by atoms with van der Waals surface area (Å²) in [4.78, 5) is 92.0. The second-order valence-electron chi connectivity index (χ2n) is 21.3. The van der Waals surface area contributed by atoms with E-state index in [1.165, 1.54) is 49.2 Å². The molecule has 4 rings (SSSR count). The van der Waals surface area contributed by atoms with E-state index in [0.29, 0.717) is 24.4 Å². The van der Waals surface area contributed by atoms with Crippen LogP contribution in [-0.4, -0.2) is 144 Å². The number of phenolic OH excluding ortho intramolecular Hbond substituents is 2. The molecule has 0 aromatic heterocycles. The maximum Gasteiger partial charge on any atom is 0.312 e. The topological polar surface area (TPSA) is 338 Å². The third-order valence-electron chi connectivity index (χ3n) is 14.1. The lowest BCUT2D eigenvalue weighted by atomic mass is 9.87. The average molecular weight is 1050 g/mol. The Balaban J connectivity index is 0.000000397. The van der Waals surface area contributed by atoms with Crippen LogP contribution in [0.1, 0.15) is 107 Å². The number of nitrogens with two attached hydrogens (primary N) is 2. The van der Waals surface area contributed by atoms with Gasteiger partial charge in [-0.15, -0.1) is 0 Å². The quantitative estimate of drug-likeness (QED) is 0.0960. The zero-order valence-electron chi connectivity index (χ0n) is 45.7. The largest absolute Gasteiger partial charge is 0.508 e.